The molecule has 0 bridgehead atoms. The van der Waals surface area contributed by atoms with Gasteiger partial charge in [0.05, 0.1) is 7.11 Å². The summed E-state index contributed by atoms with van der Waals surface area (Å²) < 4.78 is 32.2. The van der Waals surface area contributed by atoms with Crippen LogP contribution in [0.1, 0.15) is 5.56 Å². The summed E-state index contributed by atoms with van der Waals surface area (Å²) in [4.78, 5) is 0. The molecule has 4 heteroatoms. The van der Waals surface area contributed by atoms with Gasteiger partial charge in [-0.1, -0.05) is 18.2 Å². The van der Waals surface area contributed by atoms with Gasteiger partial charge in [0, 0.05) is 12.1 Å². The van der Waals surface area contributed by atoms with Gasteiger partial charge >= 0.3 is 0 Å². The Morgan fingerprint density at radius 3 is 2.39 bits per heavy atom. The van der Waals surface area contributed by atoms with Crippen LogP contribution in [0.3, 0.4) is 0 Å². The van der Waals surface area contributed by atoms with E-state index in [1.54, 1.807) is 18.2 Å². The quantitative estimate of drug-likeness (QED) is 0.907. The molecule has 94 valence electrons. The fraction of sp³-hybridized carbons (Fsp3) is 0.143. The molecule has 0 aromatic heterocycles. The molecule has 0 spiro atoms. The number of halogens is 2. The van der Waals surface area contributed by atoms with Crippen LogP contribution in [0, 0.1) is 11.6 Å². The smallest absolute Gasteiger partial charge is 0.165 e. The minimum Gasteiger partial charge on any atom is -0.494 e. The molecular weight excluding hydrogens is 236 g/mol. The van der Waals surface area contributed by atoms with Gasteiger partial charge in [-0.25, -0.2) is 8.78 Å². The largest absolute Gasteiger partial charge is 0.494 e. The summed E-state index contributed by atoms with van der Waals surface area (Å²) in [6, 6.07) is 9.01. The Morgan fingerprint density at radius 2 is 1.83 bits per heavy atom. The van der Waals surface area contributed by atoms with Gasteiger partial charge in [-0.3, -0.25) is 0 Å². The number of hydrogen-bond donors (Lipinski definition) is 1. The summed E-state index contributed by atoms with van der Waals surface area (Å²) in [5.41, 5.74) is 6.93. The fourth-order valence-electron chi connectivity index (χ4n) is 1.75. The Bertz CT molecular complexity index is 570. The van der Waals surface area contributed by atoms with Crippen LogP contribution in [0.5, 0.6) is 5.75 Å². The van der Waals surface area contributed by atoms with Gasteiger partial charge in [-0.15, -0.1) is 0 Å². The molecule has 0 aliphatic heterocycles. The van der Waals surface area contributed by atoms with Crippen LogP contribution in [-0.2, 0) is 6.54 Å². The second kappa shape index (κ2) is 5.14. The highest BCUT2D eigenvalue weighted by Gasteiger charge is 2.09. The minimum absolute atomic E-state index is 0.137. The summed E-state index contributed by atoms with van der Waals surface area (Å²) in [5.74, 6) is -0.794. The highest BCUT2D eigenvalue weighted by Crippen LogP contribution is 2.27. The molecular formula is C14H13F2NO. The molecule has 0 saturated heterocycles. The molecule has 2 rings (SSSR count). The molecule has 0 fully saturated rings. The lowest BCUT2D eigenvalue weighted by Gasteiger charge is -2.07. The van der Waals surface area contributed by atoms with Gasteiger partial charge in [0.1, 0.15) is 5.82 Å². The van der Waals surface area contributed by atoms with Crippen molar-refractivity contribution in [3.8, 4) is 16.9 Å². The van der Waals surface area contributed by atoms with Crippen molar-refractivity contribution in [2.45, 2.75) is 6.54 Å². The molecule has 0 unspecified atom stereocenters. The van der Waals surface area contributed by atoms with Gasteiger partial charge in [0.25, 0.3) is 0 Å². The standard InChI is InChI=1S/C14H13F2NO/c1-18-14-5-3-10(7-13(14)16)11-4-2-9(8-17)6-12(11)15/h2-7H,8,17H2,1H3. The maximum atomic E-state index is 13.8. The van der Waals surface area contributed by atoms with Crippen LogP contribution < -0.4 is 10.5 Å². The lowest BCUT2D eigenvalue weighted by molar-refractivity contribution is 0.386. The Labute approximate surface area is 104 Å². The van der Waals surface area contributed by atoms with E-state index in [1.807, 2.05) is 0 Å². The van der Waals surface area contributed by atoms with Crippen molar-refractivity contribution in [2.24, 2.45) is 5.73 Å². The molecule has 0 atom stereocenters. The van der Waals surface area contributed by atoms with Crippen LogP contribution >= 0.6 is 0 Å². The summed E-state index contributed by atoms with van der Waals surface area (Å²) >= 11 is 0. The molecule has 0 heterocycles. The Morgan fingerprint density at radius 1 is 1.06 bits per heavy atom. The third kappa shape index (κ3) is 2.33. The summed E-state index contributed by atoms with van der Waals surface area (Å²) in [6.07, 6.45) is 0. The van der Waals surface area contributed by atoms with Gasteiger partial charge in [-0.05, 0) is 29.3 Å². The number of benzene rings is 2. The number of rotatable bonds is 3. The molecule has 0 saturated carbocycles. The monoisotopic (exact) mass is 249 g/mol. The zero-order valence-electron chi connectivity index (χ0n) is 9.91. The van der Waals surface area contributed by atoms with Crippen molar-refractivity contribution in [1.29, 1.82) is 0 Å². The SMILES string of the molecule is COc1ccc(-c2ccc(CN)cc2F)cc1F. The zero-order chi connectivity index (χ0) is 13.1. The van der Waals surface area contributed by atoms with E-state index in [-0.39, 0.29) is 12.3 Å². The zero-order valence-corrected chi connectivity index (χ0v) is 9.91. The van der Waals surface area contributed by atoms with E-state index >= 15 is 0 Å². The van der Waals surface area contributed by atoms with Crippen LogP contribution in [0.4, 0.5) is 8.78 Å². The Balaban J connectivity index is 2.45. The average Bonchev–Trinajstić information content (AvgIpc) is 2.38. The van der Waals surface area contributed by atoms with E-state index in [0.29, 0.717) is 16.7 Å². The third-order valence-corrected chi connectivity index (χ3v) is 2.73. The van der Waals surface area contributed by atoms with E-state index in [0.717, 1.165) is 0 Å². The number of methoxy groups -OCH3 is 1. The first-order valence-corrected chi connectivity index (χ1v) is 5.48. The molecule has 2 N–H and O–H groups in total. The van der Waals surface area contributed by atoms with Gasteiger partial charge in [0.15, 0.2) is 11.6 Å². The molecule has 2 aromatic rings. The van der Waals surface area contributed by atoms with Gasteiger partial charge in [0.2, 0.25) is 0 Å². The highest BCUT2D eigenvalue weighted by atomic mass is 19.1. The number of nitrogens with two attached hydrogens (primary N) is 1. The number of hydrogen-bond acceptors (Lipinski definition) is 2. The van der Waals surface area contributed by atoms with Gasteiger partial charge in [-0.2, -0.15) is 0 Å². The van der Waals surface area contributed by atoms with Crippen LogP contribution in [-0.4, -0.2) is 7.11 Å². The first-order valence-electron chi connectivity index (χ1n) is 5.48. The van der Waals surface area contributed by atoms with Crippen molar-refractivity contribution < 1.29 is 13.5 Å². The molecule has 18 heavy (non-hydrogen) atoms. The third-order valence-electron chi connectivity index (χ3n) is 2.73. The highest BCUT2D eigenvalue weighted by molar-refractivity contribution is 5.65. The molecule has 2 aromatic carbocycles. The second-order valence-corrected chi connectivity index (χ2v) is 3.87. The van der Waals surface area contributed by atoms with Crippen molar-refractivity contribution in [3.63, 3.8) is 0 Å². The van der Waals surface area contributed by atoms with Crippen LogP contribution in [0.15, 0.2) is 36.4 Å². The second-order valence-electron chi connectivity index (χ2n) is 3.87. The maximum Gasteiger partial charge on any atom is 0.165 e. The molecule has 0 amide bonds. The summed E-state index contributed by atoms with van der Waals surface area (Å²) in [6.45, 7) is 0.272. The summed E-state index contributed by atoms with van der Waals surface area (Å²) in [5, 5.41) is 0. The first-order chi connectivity index (χ1) is 8.65. The molecule has 0 radical (unpaired) electrons. The van der Waals surface area contributed by atoms with Crippen molar-refractivity contribution in [1.82, 2.24) is 0 Å². The molecule has 0 aliphatic rings. The van der Waals surface area contributed by atoms with Crippen molar-refractivity contribution >= 4 is 0 Å². The van der Waals surface area contributed by atoms with Gasteiger partial charge < -0.3 is 10.5 Å². The topological polar surface area (TPSA) is 35.2 Å². The predicted octanol–water partition coefficient (Wildman–Crippen LogP) is 3.10. The lowest BCUT2D eigenvalue weighted by atomic mass is 10.0. The first kappa shape index (κ1) is 12.5. The van der Waals surface area contributed by atoms with Crippen molar-refractivity contribution in [2.75, 3.05) is 7.11 Å². The Hall–Kier alpha value is -1.94. The van der Waals surface area contributed by atoms with Crippen LogP contribution in [0.2, 0.25) is 0 Å². The normalized spacial score (nSPS) is 10.4. The average molecular weight is 249 g/mol. The Kier molecular flexibility index (Phi) is 3.58. The van der Waals surface area contributed by atoms with Crippen LogP contribution in [0.25, 0.3) is 11.1 Å². The summed E-state index contributed by atoms with van der Waals surface area (Å²) in [7, 11) is 1.38. The minimum atomic E-state index is -0.516. The van der Waals surface area contributed by atoms with E-state index in [4.69, 9.17) is 10.5 Å². The van der Waals surface area contributed by atoms with E-state index in [9.17, 15) is 8.78 Å². The fourth-order valence-corrected chi connectivity index (χ4v) is 1.75. The number of ether oxygens (including phenoxy) is 1. The van der Waals surface area contributed by atoms with E-state index < -0.39 is 11.6 Å². The molecule has 2 nitrogen and oxygen atoms in total. The predicted molar refractivity (Wildman–Crippen MR) is 66.2 cm³/mol. The molecule has 0 aliphatic carbocycles. The van der Waals surface area contributed by atoms with E-state index in [1.165, 1.54) is 25.3 Å². The van der Waals surface area contributed by atoms with E-state index in [2.05, 4.69) is 0 Å². The van der Waals surface area contributed by atoms with Crippen molar-refractivity contribution in [3.05, 3.63) is 53.6 Å². The maximum absolute atomic E-state index is 13.8. The lowest BCUT2D eigenvalue weighted by Crippen LogP contribution is -1.97.